The van der Waals surface area contributed by atoms with Gasteiger partial charge in [0.15, 0.2) is 0 Å². The van der Waals surface area contributed by atoms with Gasteiger partial charge in [0, 0.05) is 48.6 Å². The van der Waals surface area contributed by atoms with E-state index in [1.807, 2.05) is 11.8 Å². The largest absolute Gasteiger partial charge is 0.367 e. The smallest absolute Gasteiger partial charge is 0.224 e. The van der Waals surface area contributed by atoms with Gasteiger partial charge in [0.25, 0.3) is 0 Å². The van der Waals surface area contributed by atoms with Gasteiger partial charge in [0.1, 0.15) is 5.82 Å². The van der Waals surface area contributed by atoms with Crippen LogP contribution in [0.15, 0.2) is 47.4 Å². The van der Waals surface area contributed by atoms with Crippen molar-refractivity contribution in [1.82, 2.24) is 4.90 Å². The van der Waals surface area contributed by atoms with Crippen molar-refractivity contribution in [3.63, 3.8) is 0 Å². The number of fused-ring (bicyclic) bond motifs is 3. The van der Waals surface area contributed by atoms with Crippen LogP contribution >= 0.6 is 11.8 Å². The molecule has 1 N–H and O–H groups in total. The number of carbonyl (C=O) groups is 1. The number of piperidine rings is 1. The molecule has 5 rings (SSSR count). The maximum Gasteiger partial charge on any atom is 0.224 e. The van der Waals surface area contributed by atoms with E-state index in [-0.39, 0.29) is 11.7 Å². The fraction of sp³-hybridized carbons (Fsp3) is 0.458. The third-order valence-electron chi connectivity index (χ3n) is 6.58. The predicted molar refractivity (Wildman–Crippen MR) is 121 cm³/mol. The van der Waals surface area contributed by atoms with E-state index in [2.05, 4.69) is 33.3 Å². The molecule has 3 aliphatic rings. The number of anilines is 2. The molecule has 2 aromatic rings. The van der Waals surface area contributed by atoms with Crippen LogP contribution in [0.2, 0.25) is 0 Å². The second-order valence-corrected chi connectivity index (χ2v) is 9.65. The van der Waals surface area contributed by atoms with Gasteiger partial charge in [-0.2, -0.15) is 0 Å². The van der Waals surface area contributed by atoms with Gasteiger partial charge in [-0.1, -0.05) is 12.1 Å². The first-order valence-electron chi connectivity index (χ1n) is 11.0. The number of amides is 1. The summed E-state index contributed by atoms with van der Waals surface area (Å²) in [7, 11) is 0. The van der Waals surface area contributed by atoms with Crippen LogP contribution in [0, 0.1) is 5.82 Å². The number of thioether (sulfide) groups is 1. The fourth-order valence-electron chi connectivity index (χ4n) is 5.23. The molecule has 0 aromatic heterocycles. The number of nitrogens with one attached hydrogen (secondary N) is 1. The SMILES string of the molecule is O=C(CCCN1CC[C@H]2[C@@H](C1)c1cccc3c1N2CCCS3)Nc1ccc(F)cc1. The highest BCUT2D eigenvalue weighted by atomic mass is 32.2. The Balaban J connectivity index is 1.17. The van der Waals surface area contributed by atoms with Crippen LogP contribution in [0.25, 0.3) is 0 Å². The molecule has 0 bridgehead atoms. The second kappa shape index (κ2) is 8.60. The van der Waals surface area contributed by atoms with Crippen molar-refractivity contribution in [2.24, 2.45) is 0 Å². The van der Waals surface area contributed by atoms with Gasteiger partial charge in [0.2, 0.25) is 5.91 Å². The van der Waals surface area contributed by atoms with E-state index in [0.29, 0.717) is 24.1 Å². The van der Waals surface area contributed by atoms with Crippen LogP contribution in [0.5, 0.6) is 0 Å². The van der Waals surface area contributed by atoms with Crippen molar-refractivity contribution < 1.29 is 9.18 Å². The molecule has 1 amide bonds. The average Bonchev–Trinajstić information content (AvgIpc) is 2.91. The Morgan fingerprint density at radius 1 is 1.17 bits per heavy atom. The molecule has 158 valence electrons. The van der Waals surface area contributed by atoms with E-state index >= 15 is 0 Å². The lowest BCUT2D eigenvalue weighted by molar-refractivity contribution is -0.116. The standard InChI is InChI=1S/C24H28FN3OS/c25-17-7-9-18(10-8-17)26-23(29)6-2-12-27-14-11-21-20(16-27)19-4-1-5-22-24(19)28(21)13-3-15-30-22/h1,4-5,7-10,20-21H,2-3,6,11-16H2,(H,26,29)/t20-,21-/m0/s1. The van der Waals surface area contributed by atoms with Crippen LogP contribution in [-0.2, 0) is 4.79 Å². The molecule has 3 heterocycles. The monoisotopic (exact) mass is 425 g/mol. The molecule has 2 atom stereocenters. The summed E-state index contributed by atoms with van der Waals surface area (Å²) in [4.78, 5) is 18.9. The summed E-state index contributed by atoms with van der Waals surface area (Å²) in [5.41, 5.74) is 3.70. The van der Waals surface area contributed by atoms with Gasteiger partial charge in [-0.3, -0.25) is 4.79 Å². The maximum absolute atomic E-state index is 13.0. The Morgan fingerprint density at radius 2 is 2.03 bits per heavy atom. The van der Waals surface area contributed by atoms with E-state index in [1.54, 1.807) is 12.1 Å². The predicted octanol–water partition coefficient (Wildman–Crippen LogP) is 4.72. The van der Waals surface area contributed by atoms with Crippen LogP contribution in [-0.4, -0.2) is 48.8 Å². The second-order valence-electron chi connectivity index (χ2n) is 8.51. The quantitative estimate of drug-likeness (QED) is 0.752. The van der Waals surface area contributed by atoms with Gasteiger partial charge < -0.3 is 15.1 Å². The zero-order valence-electron chi connectivity index (χ0n) is 17.1. The molecule has 30 heavy (non-hydrogen) atoms. The number of nitrogens with zero attached hydrogens (tertiary/aromatic N) is 2. The van der Waals surface area contributed by atoms with Gasteiger partial charge in [-0.15, -0.1) is 11.8 Å². The zero-order chi connectivity index (χ0) is 20.5. The lowest BCUT2D eigenvalue weighted by Gasteiger charge is -2.39. The van der Waals surface area contributed by atoms with Crippen LogP contribution < -0.4 is 10.2 Å². The molecule has 6 heteroatoms. The maximum atomic E-state index is 13.0. The molecular weight excluding hydrogens is 397 g/mol. The molecule has 0 saturated carbocycles. The highest BCUT2D eigenvalue weighted by molar-refractivity contribution is 7.99. The summed E-state index contributed by atoms with van der Waals surface area (Å²) >= 11 is 2.01. The molecule has 0 radical (unpaired) electrons. The molecular formula is C24H28FN3OS. The Morgan fingerprint density at radius 3 is 2.90 bits per heavy atom. The van der Waals surface area contributed by atoms with Crippen LogP contribution in [0.4, 0.5) is 15.8 Å². The van der Waals surface area contributed by atoms with E-state index in [4.69, 9.17) is 0 Å². The third-order valence-corrected chi connectivity index (χ3v) is 7.72. The first-order valence-corrected chi connectivity index (χ1v) is 12.0. The topological polar surface area (TPSA) is 35.6 Å². The molecule has 0 aliphatic carbocycles. The number of rotatable bonds is 5. The third kappa shape index (κ3) is 3.95. The highest BCUT2D eigenvalue weighted by Crippen LogP contribution is 2.50. The number of likely N-dealkylation sites (tertiary alicyclic amines) is 1. The highest BCUT2D eigenvalue weighted by Gasteiger charge is 2.43. The number of hydrogen-bond acceptors (Lipinski definition) is 4. The van der Waals surface area contributed by atoms with Crippen molar-refractivity contribution in [3.05, 3.63) is 53.8 Å². The van der Waals surface area contributed by atoms with Crippen LogP contribution in [0.1, 0.15) is 37.2 Å². The van der Waals surface area contributed by atoms with E-state index < -0.39 is 0 Å². The first-order chi connectivity index (χ1) is 14.7. The van der Waals surface area contributed by atoms with E-state index in [0.717, 1.165) is 26.1 Å². The number of benzene rings is 2. The minimum absolute atomic E-state index is 0.00214. The Labute approximate surface area is 181 Å². The Kier molecular flexibility index (Phi) is 5.70. The molecule has 4 nitrogen and oxygen atoms in total. The molecule has 1 fully saturated rings. The molecule has 0 spiro atoms. The minimum atomic E-state index is -0.292. The molecule has 2 aromatic carbocycles. The lowest BCUT2D eigenvalue weighted by Crippen LogP contribution is -2.46. The summed E-state index contributed by atoms with van der Waals surface area (Å²) in [5, 5.41) is 2.86. The number of halogens is 1. The Bertz CT molecular complexity index is 919. The van der Waals surface area contributed by atoms with Crippen molar-refractivity contribution in [2.75, 3.05) is 42.1 Å². The van der Waals surface area contributed by atoms with E-state index in [1.165, 1.54) is 53.4 Å². The van der Waals surface area contributed by atoms with Crippen molar-refractivity contribution in [1.29, 1.82) is 0 Å². The summed E-state index contributed by atoms with van der Waals surface area (Å²) in [6.45, 7) is 4.32. The number of carbonyl (C=O) groups excluding carboxylic acids is 1. The number of hydrogen-bond donors (Lipinski definition) is 1. The molecule has 3 aliphatic heterocycles. The summed E-state index contributed by atoms with van der Waals surface area (Å²) < 4.78 is 13.0. The minimum Gasteiger partial charge on any atom is -0.367 e. The first kappa shape index (κ1) is 19.9. The Hall–Kier alpha value is -2.05. The average molecular weight is 426 g/mol. The van der Waals surface area contributed by atoms with Crippen LogP contribution in [0.3, 0.4) is 0 Å². The summed E-state index contributed by atoms with van der Waals surface area (Å²) in [6.07, 6.45) is 3.79. The van der Waals surface area contributed by atoms with Crippen molar-refractivity contribution in [3.8, 4) is 0 Å². The van der Waals surface area contributed by atoms with Gasteiger partial charge in [0.05, 0.1) is 5.69 Å². The molecule has 0 unspecified atom stereocenters. The van der Waals surface area contributed by atoms with Crippen molar-refractivity contribution in [2.45, 2.75) is 42.5 Å². The van der Waals surface area contributed by atoms with Gasteiger partial charge in [-0.25, -0.2) is 4.39 Å². The van der Waals surface area contributed by atoms with Gasteiger partial charge >= 0.3 is 0 Å². The number of para-hydroxylation sites is 1. The zero-order valence-corrected chi connectivity index (χ0v) is 18.0. The fourth-order valence-corrected chi connectivity index (χ4v) is 6.27. The lowest BCUT2D eigenvalue weighted by atomic mass is 9.89. The van der Waals surface area contributed by atoms with E-state index in [9.17, 15) is 9.18 Å². The van der Waals surface area contributed by atoms with Crippen molar-refractivity contribution >= 4 is 29.0 Å². The summed E-state index contributed by atoms with van der Waals surface area (Å²) in [5.74, 6) is 1.51. The van der Waals surface area contributed by atoms with Gasteiger partial charge in [-0.05, 0) is 67.5 Å². The molecule has 1 saturated heterocycles. The normalized spacial score (nSPS) is 22.9. The summed E-state index contributed by atoms with van der Waals surface area (Å²) in [6, 6.07) is 13.4.